The molecule has 0 radical (unpaired) electrons. The second-order valence-electron chi connectivity index (χ2n) is 6.56. The summed E-state index contributed by atoms with van der Waals surface area (Å²) >= 11 is 0. The van der Waals surface area contributed by atoms with Crippen molar-refractivity contribution in [3.05, 3.63) is 17.8 Å². The maximum atomic E-state index is 11.4. The molecule has 0 bridgehead atoms. The Bertz CT molecular complexity index is 760. The van der Waals surface area contributed by atoms with E-state index in [1.54, 1.807) is 0 Å². The van der Waals surface area contributed by atoms with Crippen LogP contribution in [0.5, 0.6) is 0 Å². The minimum Gasteiger partial charge on any atom is -0.353 e. The van der Waals surface area contributed by atoms with Gasteiger partial charge in [-0.2, -0.15) is 4.98 Å². The lowest BCUT2D eigenvalue weighted by atomic mass is 10.1. The van der Waals surface area contributed by atoms with Crippen LogP contribution in [0.15, 0.2) is 12.3 Å². The monoisotopic (exact) mass is 328 g/mol. The zero-order chi connectivity index (χ0) is 17.3. The lowest BCUT2D eigenvalue weighted by Gasteiger charge is -2.20. The van der Waals surface area contributed by atoms with E-state index in [0.717, 1.165) is 41.9 Å². The van der Waals surface area contributed by atoms with Crippen LogP contribution in [0.1, 0.15) is 38.7 Å². The lowest BCUT2D eigenvalue weighted by Crippen LogP contribution is -2.30. The van der Waals surface area contributed by atoms with Crippen molar-refractivity contribution >= 4 is 28.7 Å². The van der Waals surface area contributed by atoms with E-state index in [9.17, 15) is 4.79 Å². The highest BCUT2D eigenvalue weighted by Gasteiger charge is 2.25. The molecule has 128 valence electrons. The molecular weight excluding hydrogens is 304 g/mol. The Morgan fingerprint density at radius 2 is 2.17 bits per heavy atom. The Morgan fingerprint density at radius 1 is 1.38 bits per heavy atom. The molecule has 0 aliphatic carbocycles. The largest absolute Gasteiger partial charge is 0.353 e. The maximum Gasteiger partial charge on any atom is 0.232 e. The number of hydrogen-bond acceptors (Lipinski definition) is 6. The van der Waals surface area contributed by atoms with Crippen LogP contribution < -0.4 is 15.5 Å². The molecule has 1 aliphatic heterocycles. The van der Waals surface area contributed by atoms with Gasteiger partial charge in [0.05, 0.1) is 5.52 Å². The number of fused-ring (bicyclic) bond motifs is 1. The highest BCUT2D eigenvalue weighted by Crippen LogP contribution is 2.28. The molecule has 0 spiro atoms. The Hall–Kier alpha value is -2.28. The van der Waals surface area contributed by atoms with Gasteiger partial charge in [0.25, 0.3) is 0 Å². The highest BCUT2D eigenvalue weighted by molar-refractivity contribution is 5.91. The molecule has 2 aromatic rings. The van der Waals surface area contributed by atoms with Crippen LogP contribution in [0.4, 0.5) is 11.8 Å². The van der Waals surface area contributed by atoms with Crippen molar-refractivity contribution in [2.24, 2.45) is 0 Å². The summed E-state index contributed by atoms with van der Waals surface area (Å²) in [5.41, 5.74) is 2.67. The molecule has 0 aromatic carbocycles. The predicted molar refractivity (Wildman–Crippen MR) is 95.4 cm³/mol. The van der Waals surface area contributed by atoms with E-state index in [0.29, 0.717) is 17.9 Å². The van der Waals surface area contributed by atoms with Crippen LogP contribution in [0.2, 0.25) is 0 Å². The fourth-order valence-electron chi connectivity index (χ4n) is 2.96. The predicted octanol–water partition coefficient (Wildman–Crippen LogP) is 1.90. The molecule has 1 amide bonds. The van der Waals surface area contributed by atoms with Gasteiger partial charge in [0.1, 0.15) is 5.52 Å². The van der Waals surface area contributed by atoms with Crippen LogP contribution in [0, 0.1) is 0 Å². The first kappa shape index (κ1) is 16.6. The molecule has 7 heteroatoms. The summed E-state index contributed by atoms with van der Waals surface area (Å²) in [7, 11) is 1.97. The Kier molecular flexibility index (Phi) is 4.62. The van der Waals surface area contributed by atoms with Gasteiger partial charge in [-0.1, -0.05) is 13.8 Å². The smallest absolute Gasteiger partial charge is 0.232 e. The van der Waals surface area contributed by atoms with E-state index in [2.05, 4.69) is 44.3 Å². The number of pyridine rings is 1. The summed E-state index contributed by atoms with van der Waals surface area (Å²) in [4.78, 5) is 27.3. The zero-order valence-corrected chi connectivity index (χ0v) is 14.6. The zero-order valence-electron chi connectivity index (χ0n) is 14.6. The van der Waals surface area contributed by atoms with E-state index >= 15 is 0 Å². The van der Waals surface area contributed by atoms with Crippen LogP contribution in [0.25, 0.3) is 11.0 Å². The molecule has 3 heterocycles. The Morgan fingerprint density at radius 3 is 2.79 bits per heavy atom. The summed E-state index contributed by atoms with van der Waals surface area (Å²) in [6.07, 6.45) is 2.95. The maximum absolute atomic E-state index is 11.4. The normalized spacial score (nSPS) is 17.7. The van der Waals surface area contributed by atoms with Crippen LogP contribution in [0.3, 0.4) is 0 Å². The van der Waals surface area contributed by atoms with Crippen LogP contribution in [-0.4, -0.2) is 47.0 Å². The molecule has 3 rings (SSSR count). The molecule has 0 saturated carbocycles. The molecule has 1 aliphatic rings. The van der Waals surface area contributed by atoms with E-state index in [4.69, 9.17) is 0 Å². The average Bonchev–Trinajstić information content (AvgIpc) is 3.01. The third-order valence-corrected chi connectivity index (χ3v) is 4.39. The Balaban J connectivity index is 2.09. The quantitative estimate of drug-likeness (QED) is 0.892. The number of carbonyl (C=O) groups is 1. The first-order valence-electron chi connectivity index (χ1n) is 8.35. The average molecular weight is 328 g/mol. The fourth-order valence-corrected chi connectivity index (χ4v) is 2.96. The number of aromatic nitrogens is 3. The van der Waals surface area contributed by atoms with Crippen molar-refractivity contribution in [1.29, 1.82) is 0 Å². The summed E-state index contributed by atoms with van der Waals surface area (Å²) in [6.45, 7) is 7.48. The number of nitrogens with zero attached hydrogens (tertiary/aromatic N) is 4. The van der Waals surface area contributed by atoms with Crippen molar-refractivity contribution in [3.8, 4) is 0 Å². The van der Waals surface area contributed by atoms with Crippen molar-refractivity contribution in [2.75, 3.05) is 30.4 Å². The molecule has 1 unspecified atom stereocenters. The number of hydrogen-bond donors (Lipinski definition) is 2. The van der Waals surface area contributed by atoms with Gasteiger partial charge in [-0.3, -0.25) is 15.1 Å². The number of rotatable bonds is 4. The van der Waals surface area contributed by atoms with E-state index in [-0.39, 0.29) is 5.91 Å². The molecule has 1 saturated heterocycles. The van der Waals surface area contributed by atoms with Crippen molar-refractivity contribution in [2.45, 2.75) is 39.2 Å². The number of nitrogens with one attached hydrogen (secondary N) is 2. The van der Waals surface area contributed by atoms with Gasteiger partial charge in [0.15, 0.2) is 5.82 Å². The van der Waals surface area contributed by atoms with Gasteiger partial charge >= 0.3 is 0 Å². The number of likely N-dealkylation sites (N-methyl/N-ethyl adjacent to an activating group) is 1. The summed E-state index contributed by atoms with van der Waals surface area (Å²) in [6, 6.07) is 2.48. The molecule has 24 heavy (non-hydrogen) atoms. The molecule has 1 atom stereocenters. The lowest BCUT2D eigenvalue weighted by molar-refractivity contribution is -0.114. The third kappa shape index (κ3) is 3.31. The number of anilines is 2. The van der Waals surface area contributed by atoms with Gasteiger partial charge in [-0.15, -0.1) is 0 Å². The minimum atomic E-state index is -0.178. The molecule has 2 N–H and O–H groups in total. The van der Waals surface area contributed by atoms with E-state index in [1.807, 2.05) is 19.3 Å². The van der Waals surface area contributed by atoms with Crippen LogP contribution in [-0.2, 0) is 4.79 Å². The fraction of sp³-hybridized carbons (Fsp3) is 0.529. The Labute approximate surface area is 141 Å². The van der Waals surface area contributed by atoms with E-state index < -0.39 is 0 Å². The van der Waals surface area contributed by atoms with Gasteiger partial charge in [0.2, 0.25) is 11.9 Å². The van der Waals surface area contributed by atoms with Crippen molar-refractivity contribution in [3.63, 3.8) is 0 Å². The van der Waals surface area contributed by atoms with Crippen LogP contribution >= 0.6 is 0 Å². The summed E-state index contributed by atoms with van der Waals surface area (Å²) in [5, 5.41) is 6.01. The second kappa shape index (κ2) is 6.68. The minimum absolute atomic E-state index is 0.178. The molecule has 7 nitrogen and oxygen atoms in total. The van der Waals surface area contributed by atoms with E-state index in [1.165, 1.54) is 6.92 Å². The standard InChI is InChI=1S/C17H24N6O/c1-10(2)12-7-14-15(19-8-12)16(22-17(21-14)20-11(3)24)23-6-5-13(9-23)18-4/h7-8,10,13,18H,5-6,9H2,1-4H3,(H,20,21,22,24). The SMILES string of the molecule is CNC1CCN(c2nc(NC(C)=O)nc3cc(C(C)C)cnc23)C1. The van der Waals surface area contributed by atoms with Gasteiger partial charge < -0.3 is 10.2 Å². The molecule has 2 aromatic heterocycles. The summed E-state index contributed by atoms with van der Waals surface area (Å²) < 4.78 is 0. The van der Waals surface area contributed by atoms with Crippen molar-refractivity contribution in [1.82, 2.24) is 20.3 Å². The number of amides is 1. The number of carbonyl (C=O) groups excluding carboxylic acids is 1. The first-order chi connectivity index (χ1) is 11.5. The third-order valence-electron chi connectivity index (χ3n) is 4.39. The first-order valence-corrected chi connectivity index (χ1v) is 8.35. The van der Waals surface area contributed by atoms with Gasteiger partial charge in [0, 0.05) is 32.3 Å². The highest BCUT2D eigenvalue weighted by atomic mass is 16.1. The van der Waals surface area contributed by atoms with Gasteiger partial charge in [-0.05, 0) is 31.0 Å². The van der Waals surface area contributed by atoms with Gasteiger partial charge in [-0.25, -0.2) is 4.98 Å². The molecular formula is C17H24N6O. The second-order valence-corrected chi connectivity index (χ2v) is 6.56. The summed E-state index contributed by atoms with van der Waals surface area (Å²) in [5.74, 6) is 1.31. The topological polar surface area (TPSA) is 83.0 Å². The molecule has 1 fully saturated rings. The van der Waals surface area contributed by atoms with Crippen molar-refractivity contribution < 1.29 is 4.79 Å².